The van der Waals surface area contributed by atoms with E-state index in [1.54, 1.807) is 30.1 Å². The van der Waals surface area contributed by atoms with Crippen molar-refractivity contribution in [2.45, 2.75) is 6.42 Å². The Bertz CT molecular complexity index is 568. The molecule has 0 unspecified atom stereocenters. The number of esters is 1. The number of carbonyl (C=O) groups excluding carboxylic acids is 3. The Hall–Kier alpha value is -2.37. The smallest absolute Gasteiger partial charge is 0.397 e. The molecule has 0 saturated carbocycles. The summed E-state index contributed by atoms with van der Waals surface area (Å²) in [5.41, 5.74) is 2.22. The zero-order chi connectivity index (χ0) is 14.2. The number of hydrogen-bond acceptors (Lipinski definition) is 4. The number of fused-ring (bicyclic) bond motifs is 1. The summed E-state index contributed by atoms with van der Waals surface area (Å²) < 4.78 is 4.39. The standard InChI is InChI=1S/C13H14N2O4/c1-14(12(17)13(18)19-3)9-4-5-10-8(6-9)7-11(16)15(10)2/h4-6H,7H2,1-3H3. The van der Waals surface area contributed by atoms with Gasteiger partial charge in [0.15, 0.2) is 0 Å². The third-order valence-electron chi connectivity index (χ3n) is 3.19. The molecule has 0 bridgehead atoms. The molecule has 0 N–H and O–H groups in total. The lowest BCUT2D eigenvalue weighted by Crippen LogP contribution is -2.34. The fraction of sp³-hybridized carbons (Fsp3) is 0.308. The first kappa shape index (κ1) is 13.1. The molecule has 1 aromatic carbocycles. The van der Waals surface area contributed by atoms with Crippen LogP contribution in [0.2, 0.25) is 0 Å². The van der Waals surface area contributed by atoms with Crippen LogP contribution in [0.5, 0.6) is 0 Å². The van der Waals surface area contributed by atoms with Gasteiger partial charge < -0.3 is 14.5 Å². The number of methoxy groups -OCH3 is 1. The van der Waals surface area contributed by atoms with Crippen molar-refractivity contribution in [2.75, 3.05) is 31.0 Å². The van der Waals surface area contributed by atoms with E-state index in [1.165, 1.54) is 11.9 Å². The third kappa shape index (κ3) is 2.16. The predicted octanol–water partition coefficient (Wildman–Crippen LogP) is 0.341. The molecule has 1 heterocycles. The maximum atomic E-state index is 11.7. The summed E-state index contributed by atoms with van der Waals surface area (Å²) in [6.07, 6.45) is 0.305. The van der Waals surface area contributed by atoms with E-state index in [4.69, 9.17) is 0 Å². The summed E-state index contributed by atoms with van der Waals surface area (Å²) in [6, 6.07) is 5.18. The van der Waals surface area contributed by atoms with E-state index >= 15 is 0 Å². The fourth-order valence-electron chi connectivity index (χ4n) is 2.01. The van der Waals surface area contributed by atoms with Gasteiger partial charge in [0.2, 0.25) is 5.91 Å². The first-order valence-electron chi connectivity index (χ1n) is 5.71. The summed E-state index contributed by atoms with van der Waals surface area (Å²) in [6.45, 7) is 0. The highest BCUT2D eigenvalue weighted by atomic mass is 16.5. The van der Waals surface area contributed by atoms with E-state index in [9.17, 15) is 14.4 Å². The zero-order valence-corrected chi connectivity index (χ0v) is 11.0. The molecule has 1 aliphatic heterocycles. The van der Waals surface area contributed by atoms with Crippen LogP contribution in [-0.2, 0) is 25.5 Å². The second-order valence-corrected chi connectivity index (χ2v) is 4.30. The SMILES string of the molecule is COC(=O)C(=O)N(C)c1ccc2c(c1)CC(=O)N2C. The van der Waals surface area contributed by atoms with Crippen LogP contribution in [0.15, 0.2) is 18.2 Å². The molecule has 0 saturated heterocycles. The van der Waals surface area contributed by atoms with Crippen LogP contribution in [0.3, 0.4) is 0 Å². The molecule has 0 aliphatic carbocycles. The number of carbonyl (C=O) groups is 3. The molecule has 6 nitrogen and oxygen atoms in total. The second-order valence-electron chi connectivity index (χ2n) is 4.30. The first-order valence-corrected chi connectivity index (χ1v) is 5.71. The van der Waals surface area contributed by atoms with Gasteiger partial charge in [-0.2, -0.15) is 0 Å². The number of nitrogens with zero attached hydrogens (tertiary/aromatic N) is 2. The second kappa shape index (κ2) is 4.72. The molecule has 100 valence electrons. The van der Waals surface area contributed by atoms with Gasteiger partial charge in [-0.3, -0.25) is 9.59 Å². The highest BCUT2D eigenvalue weighted by molar-refractivity contribution is 6.37. The molecule has 1 aromatic rings. The lowest BCUT2D eigenvalue weighted by Gasteiger charge is -2.17. The van der Waals surface area contributed by atoms with Crippen molar-refractivity contribution >= 4 is 29.2 Å². The van der Waals surface area contributed by atoms with Crippen molar-refractivity contribution in [2.24, 2.45) is 0 Å². The van der Waals surface area contributed by atoms with E-state index in [2.05, 4.69) is 4.74 Å². The van der Waals surface area contributed by atoms with Gasteiger partial charge in [-0.25, -0.2) is 4.79 Å². The van der Waals surface area contributed by atoms with Crippen LogP contribution >= 0.6 is 0 Å². The van der Waals surface area contributed by atoms with Crippen LogP contribution in [0.1, 0.15) is 5.56 Å². The van der Waals surface area contributed by atoms with Gasteiger partial charge in [0.05, 0.1) is 13.5 Å². The Kier molecular flexibility index (Phi) is 3.25. The molecular weight excluding hydrogens is 248 g/mol. The van der Waals surface area contributed by atoms with Crippen LogP contribution in [0.25, 0.3) is 0 Å². The van der Waals surface area contributed by atoms with E-state index in [1.807, 2.05) is 0 Å². The normalized spacial score (nSPS) is 13.2. The fourth-order valence-corrected chi connectivity index (χ4v) is 2.01. The molecule has 0 aromatic heterocycles. The molecule has 0 atom stereocenters. The average Bonchev–Trinajstić information content (AvgIpc) is 2.71. The number of ether oxygens (including phenoxy) is 1. The molecule has 6 heteroatoms. The molecular formula is C13H14N2O4. The molecule has 2 rings (SSSR count). The van der Waals surface area contributed by atoms with Crippen molar-refractivity contribution < 1.29 is 19.1 Å². The number of benzene rings is 1. The molecule has 0 fully saturated rings. The van der Waals surface area contributed by atoms with Crippen LogP contribution < -0.4 is 9.80 Å². The van der Waals surface area contributed by atoms with Gasteiger partial charge in [-0.1, -0.05) is 0 Å². The third-order valence-corrected chi connectivity index (χ3v) is 3.19. The summed E-state index contributed by atoms with van der Waals surface area (Å²) in [5.74, 6) is -1.66. The van der Waals surface area contributed by atoms with Crippen molar-refractivity contribution in [3.8, 4) is 0 Å². The van der Waals surface area contributed by atoms with E-state index in [-0.39, 0.29) is 5.91 Å². The minimum atomic E-state index is -0.920. The van der Waals surface area contributed by atoms with Crippen LogP contribution in [-0.4, -0.2) is 39.0 Å². The minimum absolute atomic E-state index is 0.00842. The van der Waals surface area contributed by atoms with Crippen molar-refractivity contribution in [1.29, 1.82) is 0 Å². The Labute approximate surface area is 110 Å². The van der Waals surface area contributed by atoms with Crippen molar-refractivity contribution in [1.82, 2.24) is 0 Å². The maximum absolute atomic E-state index is 11.7. The monoisotopic (exact) mass is 262 g/mol. The van der Waals surface area contributed by atoms with Crippen LogP contribution in [0.4, 0.5) is 11.4 Å². The number of anilines is 2. The van der Waals surface area contributed by atoms with Gasteiger partial charge in [0.25, 0.3) is 0 Å². The minimum Gasteiger partial charge on any atom is -0.462 e. The maximum Gasteiger partial charge on any atom is 0.397 e. The van der Waals surface area contributed by atoms with Crippen LogP contribution in [0, 0.1) is 0 Å². The summed E-state index contributed by atoms with van der Waals surface area (Å²) in [5, 5.41) is 0. The van der Waals surface area contributed by atoms with Gasteiger partial charge in [0.1, 0.15) is 0 Å². The number of rotatable bonds is 1. The number of likely N-dealkylation sites (N-methyl/N-ethyl adjacent to an activating group) is 2. The van der Waals surface area contributed by atoms with Crippen molar-refractivity contribution in [3.63, 3.8) is 0 Å². The largest absolute Gasteiger partial charge is 0.462 e. The zero-order valence-electron chi connectivity index (χ0n) is 11.0. The topological polar surface area (TPSA) is 66.9 Å². The van der Waals surface area contributed by atoms with E-state index in [0.717, 1.165) is 18.4 Å². The Morgan fingerprint density at radius 1 is 1.37 bits per heavy atom. The molecule has 19 heavy (non-hydrogen) atoms. The lowest BCUT2D eigenvalue weighted by atomic mass is 10.1. The first-order chi connectivity index (χ1) is 8.95. The van der Waals surface area contributed by atoms with Gasteiger partial charge in [0, 0.05) is 25.5 Å². The Morgan fingerprint density at radius 3 is 2.68 bits per heavy atom. The summed E-state index contributed by atoms with van der Waals surface area (Å²) in [7, 11) is 4.35. The van der Waals surface area contributed by atoms with E-state index < -0.39 is 11.9 Å². The predicted molar refractivity (Wildman–Crippen MR) is 69.0 cm³/mol. The quantitative estimate of drug-likeness (QED) is 0.540. The summed E-state index contributed by atoms with van der Waals surface area (Å²) in [4.78, 5) is 37.2. The van der Waals surface area contributed by atoms with Gasteiger partial charge in [-0.05, 0) is 23.8 Å². The number of amides is 2. The Balaban J connectivity index is 2.29. The average molecular weight is 262 g/mol. The highest BCUT2D eigenvalue weighted by Gasteiger charge is 2.26. The molecule has 2 amide bonds. The Morgan fingerprint density at radius 2 is 2.05 bits per heavy atom. The van der Waals surface area contributed by atoms with E-state index in [0.29, 0.717) is 12.1 Å². The highest BCUT2D eigenvalue weighted by Crippen LogP contribution is 2.31. The molecule has 0 spiro atoms. The summed E-state index contributed by atoms with van der Waals surface area (Å²) >= 11 is 0. The molecule has 0 radical (unpaired) electrons. The van der Waals surface area contributed by atoms with Gasteiger partial charge >= 0.3 is 11.9 Å². The van der Waals surface area contributed by atoms with Crippen molar-refractivity contribution in [3.05, 3.63) is 23.8 Å². The number of hydrogen-bond donors (Lipinski definition) is 0. The van der Waals surface area contributed by atoms with Gasteiger partial charge in [-0.15, -0.1) is 0 Å². The molecule has 1 aliphatic rings. The lowest BCUT2D eigenvalue weighted by molar-refractivity contribution is -0.151.